The molecule has 56 valence electrons. The van der Waals surface area contributed by atoms with Crippen LogP contribution in [0.25, 0.3) is 0 Å². The summed E-state index contributed by atoms with van der Waals surface area (Å²) in [5.74, 6) is 0.868. The van der Waals surface area contributed by atoms with Gasteiger partial charge in [-0.05, 0) is 19.1 Å². The fourth-order valence-electron chi connectivity index (χ4n) is 0.876. The molecule has 2 nitrogen and oxygen atoms in total. The summed E-state index contributed by atoms with van der Waals surface area (Å²) in [7, 11) is -1.93. The highest BCUT2D eigenvalue weighted by Crippen LogP contribution is 2.18. The summed E-state index contributed by atoms with van der Waals surface area (Å²) in [4.78, 5) is 0. The Hall–Kier alpha value is -0.353. The molecule has 0 aliphatic carbocycles. The van der Waals surface area contributed by atoms with Crippen LogP contribution in [0.4, 0.5) is 0 Å². The lowest BCUT2D eigenvalue weighted by atomic mass is 10.5. The number of hydrogen-bond donors (Lipinski definition) is 0. The molecule has 0 unspecified atom stereocenters. The monoisotopic (exact) mass is 174 g/mol. The Balaban J connectivity index is 2.80. The third-order valence-electron chi connectivity index (χ3n) is 1.07. The Kier molecular flexibility index (Phi) is 1.83. The molecule has 0 amide bonds. The molecule has 10 heavy (non-hydrogen) atoms. The fourth-order valence-corrected chi connectivity index (χ4v) is 3.06. The van der Waals surface area contributed by atoms with Crippen molar-refractivity contribution in [1.29, 1.82) is 0 Å². The van der Waals surface area contributed by atoms with Crippen molar-refractivity contribution in [1.82, 2.24) is 0 Å². The molecule has 1 heterocycles. The van der Waals surface area contributed by atoms with E-state index in [0.717, 1.165) is 5.76 Å². The van der Waals surface area contributed by atoms with Gasteiger partial charge in [-0.1, -0.05) is 0 Å². The van der Waals surface area contributed by atoms with Gasteiger partial charge >= 0.3 is 8.56 Å². The van der Waals surface area contributed by atoms with Crippen molar-refractivity contribution >= 4 is 25.8 Å². The first-order chi connectivity index (χ1) is 4.49. The maximum atomic E-state index is 5.43. The van der Waals surface area contributed by atoms with E-state index < -0.39 is 8.56 Å². The predicted molar refractivity (Wildman–Crippen MR) is 46.0 cm³/mol. The summed E-state index contributed by atoms with van der Waals surface area (Å²) in [5.41, 5.74) is 0. The van der Waals surface area contributed by atoms with Crippen LogP contribution in [0.2, 0.25) is 13.1 Å². The van der Waals surface area contributed by atoms with Gasteiger partial charge in [-0.3, -0.25) is 0 Å². The largest absolute Gasteiger partial charge is 0.516 e. The molecule has 0 aromatic carbocycles. The minimum absolute atomic E-state index is 0.556. The summed E-state index contributed by atoms with van der Waals surface area (Å²) in [6.07, 6.45) is 1.73. The predicted octanol–water partition coefficient (Wildman–Crippen LogP) is 1.97. The van der Waals surface area contributed by atoms with Gasteiger partial charge < -0.3 is 8.85 Å². The zero-order chi connectivity index (χ0) is 7.78. The zero-order valence-corrected chi connectivity index (χ0v) is 8.12. The van der Waals surface area contributed by atoms with Crippen LogP contribution in [0.5, 0.6) is 0 Å². The molecule has 0 fully saturated rings. The topological polar surface area (TPSA) is 18.5 Å². The quantitative estimate of drug-likeness (QED) is 0.413. The summed E-state index contributed by atoms with van der Waals surface area (Å²) >= 11 is 4.89. The Morgan fingerprint density at radius 3 is 2.40 bits per heavy atom. The third kappa shape index (κ3) is 1.81. The van der Waals surface area contributed by atoms with Crippen LogP contribution in [-0.4, -0.2) is 13.6 Å². The fraction of sp³-hybridized carbons (Fsp3) is 0.500. The van der Waals surface area contributed by atoms with Gasteiger partial charge in [0, 0.05) is 19.2 Å². The standard InChI is InChI=1S/C6H10O2SSi/c1-5-4-6(9)8-10(2,3)7-5/h4H,1-3H3. The van der Waals surface area contributed by atoms with Crippen molar-refractivity contribution in [3.05, 3.63) is 11.8 Å². The Labute approximate surface area is 67.1 Å². The van der Waals surface area contributed by atoms with Gasteiger partial charge in [0.25, 0.3) is 0 Å². The summed E-state index contributed by atoms with van der Waals surface area (Å²) in [6, 6.07) is 0. The van der Waals surface area contributed by atoms with Crippen LogP contribution in [0.15, 0.2) is 11.8 Å². The smallest absolute Gasteiger partial charge is 0.454 e. The van der Waals surface area contributed by atoms with E-state index in [-0.39, 0.29) is 0 Å². The maximum absolute atomic E-state index is 5.43. The highest BCUT2D eigenvalue weighted by molar-refractivity contribution is 7.80. The lowest BCUT2D eigenvalue weighted by molar-refractivity contribution is 0.310. The van der Waals surface area contributed by atoms with Gasteiger partial charge in [0.1, 0.15) is 0 Å². The van der Waals surface area contributed by atoms with E-state index in [1.807, 2.05) is 20.0 Å². The van der Waals surface area contributed by atoms with Crippen molar-refractivity contribution in [2.45, 2.75) is 20.0 Å². The van der Waals surface area contributed by atoms with Crippen LogP contribution in [-0.2, 0) is 8.85 Å². The zero-order valence-electron chi connectivity index (χ0n) is 6.30. The van der Waals surface area contributed by atoms with Gasteiger partial charge in [-0.25, -0.2) is 0 Å². The average molecular weight is 174 g/mol. The number of hydrogen-bond acceptors (Lipinski definition) is 3. The van der Waals surface area contributed by atoms with E-state index in [1.165, 1.54) is 0 Å². The van der Waals surface area contributed by atoms with Crippen LogP contribution >= 0.6 is 12.2 Å². The van der Waals surface area contributed by atoms with E-state index in [2.05, 4.69) is 0 Å². The maximum Gasteiger partial charge on any atom is 0.454 e. The molecule has 0 spiro atoms. The summed E-state index contributed by atoms with van der Waals surface area (Å²) in [5, 5.41) is 0.556. The molecular formula is C6H10O2SSi. The van der Waals surface area contributed by atoms with Gasteiger partial charge in [0.15, 0.2) is 5.05 Å². The molecular weight excluding hydrogens is 164 g/mol. The molecule has 1 aliphatic rings. The van der Waals surface area contributed by atoms with Gasteiger partial charge in [-0.2, -0.15) is 0 Å². The second-order valence-electron chi connectivity index (χ2n) is 2.68. The molecule has 0 aromatic rings. The molecule has 0 radical (unpaired) electrons. The number of allylic oxidation sites excluding steroid dienone is 1. The molecule has 1 rings (SSSR count). The Morgan fingerprint density at radius 2 is 2.00 bits per heavy atom. The second-order valence-corrected chi connectivity index (χ2v) is 6.29. The summed E-state index contributed by atoms with van der Waals surface area (Å²) in [6.45, 7) is 5.83. The molecule has 0 aromatic heterocycles. The Morgan fingerprint density at radius 1 is 1.40 bits per heavy atom. The normalized spacial score (nSPS) is 22.7. The van der Waals surface area contributed by atoms with Crippen molar-refractivity contribution in [3.8, 4) is 0 Å². The molecule has 0 atom stereocenters. The lowest BCUT2D eigenvalue weighted by Gasteiger charge is -2.28. The van der Waals surface area contributed by atoms with Crippen LogP contribution in [0.1, 0.15) is 6.92 Å². The molecule has 0 saturated carbocycles. The Bertz CT molecular complexity index is 198. The van der Waals surface area contributed by atoms with E-state index in [9.17, 15) is 0 Å². The van der Waals surface area contributed by atoms with Crippen molar-refractivity contribution in [2.75, 3.05) is 0 Å². The van der Waals surface area contributed by atoms with Crippen molar-refractivity contribution in [3.63, 3.8) is 0 Å². The van der Waals surface area contributed by atoms with Gasteiger partial charge in [0.05, 0.1) is 5.76 Å². The first kappa shape index (κ1) is 7.75. The van der Waals surface area contributed by atoms with Crippen molar-refractivity contribution in [2.24, 2.45) is 0 Å². The van der Waals surface area contributed by atoms with Crippen LogP contribution in [0, 0.1) is 0 Å². The van der Waals surface area contributed by atoms with Gasteiger partial charge in [0.2, 0.25) is 0 Å². The highest BCUT2D eigenvalue weighted by atomic mass is 32.1. The van der Waals surface area contributed by atoms with Gasteiger partial charge in [-0.15, -0.1) is 0 Å². The highest BCUT2D eigenvalue weighted by Gasteiger charge is 2.32. The van der Waals surface area contributed by atoms with E-state index in [1.54, 1.807) is 6.08 Å². The average Bonchev–Trinajstić information content (AvgIpc) is 1.54. The van der Waals surface area contributed by atoms with E-state index in [4.69, 9.17) is 21.1 Å². The van der Waals surface area contributed by atoms with E-state index >= 15 is 0 Å². The van der Waals surface area contributed by atoms with Crippen molar-refractivity contribution < 1.29 is 8.85 Å². The molecule has 0 saturated heterocycles. The molecule has 0 bridgehead atoms. The third-order valence-corrected chi connectivity index (χ3v) is 2.95. The van der Waals surface area contributed by atoms with E-state index in [0.29, 0.717) is 5.05 Å². The summed E-state index contributed by atoms with van der Waals surface area (Å²) < 4.78 is 10.8. The number of rotatable bonds is 0. The van der Waals surface area contributed by atoms with Crippen LogP contribution < -0.4 is 0 Å². The molecule has 4 heteroatoms. The second kappa shape index (κ2) is 2.36. The first-order valence-electron chi connectivity index (χ1n) is 3.10. The first-order valence-corrected chi connectivity index (χ1v) is 6.32. The number of thiocarbonyl (C=S) groups is 1. The SMILES string of the molecule is CC1=CC(=S)O[Si](C)(C)O1. The lowest BCUT2D eigenvalue weighted by Crippen LogP contribution is -2.38. The molecule has 1 aliphatic heterocycles. The minimum atomic E-state index is -1.93. The molecule has 0 N–H and O–H groups in total. The van der Waals surface area contributed by atoms with Crippen LogP contribution in [0.3, 0.4) is 0 Å². The minimum Gasteiger partial charge on any atom is -0.516 e.